The lowest BCUT2D eigenvalue weighted by Crippen LogP contribution is -2.38. The SMILES string of the molecule is CCC(N)(Cc1ccccc1OC)c1cccc(F)c1. The minimum atomic E-state index is -0.600. The highest BCUT2D eigenvalue weighted by Crippen LogP contribution is 2.30. The molecule has 0 fully saturated rings. The average Bonchev–Trinajstić information content (AvgIpc) is 2.47. The van der Waals surface area contributed by atoms with Crippen molar-refractivity contribution >= 4 is 0 Å². The summed E-state index contributed by atoms with van der Waals surface area (Å²) in [5.74, 6) is 0.554. The number of benzene rings is 2. The standard InChI is InChI=1S/C17H20FNO/c1-3-17(19,14-8-6-9-15(18)11-14)12-13-7-4-5-10-16(13)20-2/h4-11H,3,12,19H2,1-2H3. The highest BCUT2D eigenvalue weighted by atomic mass is 19.1. The van der Waals surface area contributed by atoms with Gasteiger partial charge in [-0.2, -0.15) is 0 Å². The number of para-hydroxylation sites is 1. The van der Waals surface area contributed by atoms with Crippen LogP contribution in [0.1, 0.15) is 24.5 Å². The third-order valence-electron chi connectivity index (χ3n) is 3.73. The van der Waals surface area contributed by atoms with Crippen LogP contribution < -0.4 is 10.5 Å². The van der Waals surface area contributed by atoms with E-state index in [0.717, 1.165) is 16.9 Å². The molecular formula is C17H20FNO. The van der Waals surface area contributed by atoms with Crippen LogP contribution in [0.25, 0.3) is 0 Å². The lowest BCUT2D eigenvalue weighted by molar-refractivity contribution is 0.386. The Hall–Kier alpha value is -1.87. The highest BCUT2D eigenvalue weighted by Gasteiger charge is 2.27. The van der Waals surface area contributed by atoms with Crippen molar-refractivity contribution in [1.29, 1.82) is 0 Å². The largest absolute Gasteiger partial charge is 0.496 e. The highest BCUT2D eigenvalue weighted by molar-refractivity contribution is 5.37. The summed E-state index contributed by atoms with van der Waals surface area (Å²) >= 11 is 0. The molecular weight excluding hydrogens is 253 g/mol. The minimum Gasteiger partial charge on any atom is -0.496 e. The number of halogens is 1. The Bertz CT molecular complexity index is 585. The first-order valence-corrected chi connectivity index (χ1v) is 6.76. The van der Waals surface area contributed by atoms with Crippen LogP contribution >= 0.6 is 0 Å². The van der Waals surface area contributed by atoms with Gasteiger partial charge in [-0.05, 0) is 42.2 Å². The van der Waals surface area contributed by atoms with Gasteiger partial charge in [-0.1, -0.05) is 37.3 Å². The monoisotopic (exact) mass is 273 g/mol. The lowest BCUT2D eigenvalue weighted by Gasteiger charge is -2.29. The summed E-state index contributed by atoms with van der Waals surface area (Å²) in [6.45, 7) is 2.01. The van der Waals surface area contributed by atoms with E-state index >= 15 is 0 Å². The van der Waals surface area contributed by atoms with Crippen LogP contribution in [0.2, 0.25) is 0 Å². The summed E-state index contributed by atoms with van der Waals surface area (Å²) in [5, 5.41) is 0. The van der Waals surface area contributed by atoms with Gasteiger partial charge >= 0.3 is 0 Å². The van der Waals surface area contributed by atoms with Crippen LogP contribution in [0, 0.1) is 5.82 Å². The van der Waals surface area contributed by atoms with E-state index in [1.54, 1.807) is 13.2 Å². The van der Waals surface area contributed by atoms with E-state index in [4.69, 9.17) is 10.5 Å². The molecule has 0 spiro atoms. The molecule has 0 amide bonds. The maximum absolute atomic E-state index is 13.4. The summed E-state index contributed by atoms with van der Waals surface area (Å²) in [6, 6.07) is 14.3. The van der Waals surface area contributed by atoms with E-state index in [1.807, 2.05) is 37.3 Å². The summed E-state index contributed by atoms with van der Waals surface area (Å²) in [5.41, 5.74) is 7.76. The zero-order chi connectivity index (χ0) is 14.6. The van der Waals surface area contributed by atoms with Gasteiger partial charge < -0.3 is 10.5 Å². The molecule has 0 heterocycles. The summed E-state index contributed by atoms with van der Waals surface area (Å²) in [4.78, 5) is 0. The number of nitrogens with two attached hydrogens (primary N) is 1. The average molecular weight is 273 g/mol. The van der Waals surface area contributed by atoms with Crippen molar-refractivity contribution < 1.29 is 9.13 Å². The molecule has 2 aromatic rings. The lowest BCUT2D eigenvalue weighted by atomic mass is 9.82. The second-order valence-electron chi connectivity index (χ2n) is 5.01. The molecule has 20 heavy (non-hydrogen) atoms. The topological polar surface area (TPSA) is 35.2 Å². The second kappa shape index (κ2) is 6.06. The Morgan fingerprint density at radius 3 is 2.55 bits per heavy atom. The molecule has 2 nitrogen and oxygen atoms in total. The van der Waals surface area contributed by atoms with Gasteiger partial charge in [0.25, 0.3) is 0 Å². The first kappa shape index (κ1) is 14.5. The van der Waals surface area contributed by atoms with E-state index in [2.05, 4.69) is 0 Å². The molecule has 0 aliphatic carbocycles. The first-order valence-electron chi connectivity index (χ1n) is 6.76. The molecule has 2 N–H and O–H groups in total. The van der Waals surface area contributed by atoms with Gasteiger partial charge in [0.05, 0.1) is 7.11 Å². The number of hydrogen-bond donors (Lipinski definition) is 1. The fourth-order valence-corrected chi connectivity index (χ4v) is 2.42. The van der Waals surface area contributed by atoms with E-state index in [0.29, 0.717) is 12.8 Å². The van der Waals surface area contributed by atoms with Crippen LogP contribution in [0.5, 0.6) is 5.75 Å². The van der Waals surface area contributed by atoms with Gasteiger partial charge in [-0.25, -0.2) is 4.39 Å². The quantitative estimate of drug-likeness (QED) is 0.902. The molecule has 0 aliphatic heterocycles. The smallest absolute Gasteiger partial charge is 0.123 e. The summed E-state index contributed by atoms with van der Waals surface area (Å²) < 4.78 is 18.8. The predicted octanol–water partition coefficient (Wildman–Crippen LogP) is 3.64. The number of methoxy groups -OCH3 is 1. The maximum Gasteiger partial charge on any atom is 0.123 e. The van der Waals surface area contributed by atoms with E-state index < -0.39 is 5.54 Å². The zero-order valence-corrected chi connectivity index (χ0v) is 11.9. The molecule has 3 heteroatoms. The van der Waals surface area contributed by atoms with Crippen LogP contribution in [0.4, 0.5) is 4.39 Å². The molecule has 0 saturated carbocycles. The van der Waals surface area contributed by atoms with Gasteiger partial charge in [0, 0.05) is 5.54 Å². The van der Waals surface area contributed by atoms with Crippen molar-refractivity contribution in [3.8, 4) is 5.75 Å². The number of rotatable bonds is 5. The van der Waals surface area contributed by atoms with E-state index in [9.17, 15) is 4.39 Å². The van der Waals surface area contributed by atoms with Crippen molar-refractivity contribution in [3.05, 3.63) is 65.5 Å². The number of hydrogen-bond acceptors (Lipinski definition) is 2. The van der Waals surface area contributed by atoms with Gasteiger partial charge in [-0.15, -0.1) is 0 Å². The second-order valence-corrected chi connectivity index (χ2v) is 5.01. The van der Waals surface area contributed by atoms with Crippen molar-refractivity contribution in [2.45, 2.75) is 25.3 Å². The number of ether oxygens (including phenoxy) is 1. The van der Waals surface area contributed by atoms with Crippen LogP contribution in [0.3, 0.4) is 0 Å². The van der Waals surface area contributed by atoms with Crippen molar-refractivity contribution in [2.24, 2.45) is 5.73 Å². The van der Waals surface area contributed by atoms with E-state index in [-0.39, 0.29) is 5.82 Å². The van der Waals surface area contributed by atoms with Gasteiger partial charge in [0.1, 0.15) is 11.6 Å². The van der Waals surface area contributed by atoms with Crippen molar-refractivity contribution in [1.82, 2.24) is 0 Å². The summed E-state index contributed by atoms with van der Waals surface area (Å²) in [7, 11) is 1.64. The van der Waals surface area contributed by atoms with Crippen LogP contribution in [-0.4, -0.2) is 7.11 Å². The van der Waals surface area contributed by atoms with Gasteiger partial charge in [0.15, 0.2) is 0 Å². The van der Waals surface area contributed by atoms with Crippen molar-refractivity contribution in [2.75, 3.05) is 7.11 Å². The fraction of sp³-hybridized carbons (Fsp3) is 0.294. The summed E-state index contributed by atoms with van der Waals surface area (Å²) in [6.07, 6.45) is 1.32. The molecule has 0 aliphatic rings. The fourth-order valence-electron chi connectivity index (χ4n) is 2.42. The first-order chi connectivity index (χ1) is 9.59. The van der Waals surface area contributed by atoms with Crippen LogP contribution in [0.15, 0.2) is 48.5 Å². The third kappa shape index (κ3) is 2.99. The third-order valence-corrected chi connectivity index (χ3v) is 3.73. The Balaban J connectivity index is 2.36. The normalized spacial score (nSPS) is 13.8. The Labute approximate surface area is 119 Å². The van der Waals surface area contributed by atoms with E-state index in [1.165, 1.54) is 12.1 Å². The Morgan fingerprint density at radius 1 is 1.15 bits per heavy atom. The van der Waals surface area contributed by atoms with Crippen LogP contribution in [-0.2, 0) is 12.0 Å². The molecule has 0 aromatic heterocycles. The van der Waals surface area contributed by atoms with Gasteiger partial charge in [-0.3, -0.25) is 0 Å². The Kier molecular flexibility index (Phi) is 4.40. The zero-order valence-electron chi connectivity index (χ0n) is 11.9. The molecule has 1 unspecified atom stereocenters. The molecule has 2 aromatic carbocycles. The van der Waals surface area contributed by atoms with Crippen molar-refractivity contribution in [3.63, 3.8) is 0 Å². The molecule has 0 bridgehead atoms. The Morgan fingerprint density at radius 2 is 1.90 bits per heavy atom. The van der Waals surface area contributed by atoms with Gasteiger partial charge in [0.2, 0.25) is 0 Å². The minimum absolute atomic E-state index is 0.259. The predicted molar refractivity (Wildman–Crippen MR) is 79.3 cm³/mol. The molecule has 106 valence electrons. The molecule has 0 radical (unpaired) electrons. The maximum atomic E-state index is 13.4. The molecule has 2 rings (SSSR count). The molecule has 0 saturated heterocycles. The molecule has 1 atom stereocenters.